The molecule has 118 valence electrons. The van der Waals surface area contributed by atoms with E-state index in [1.165, 1.54) is 38.8 Å². The Bertz CT molecular complexity index is 327. The van der Waals surface area contributed by atoms with E-state index in [-0.39, 0.29) is 17.6 Å². The summed E-state index contributed by atoms with van der Waals surface area (Å²) in [6.45, 7) is 13.9. The number of aliphatic hydroxyl groups is 1. The minimum atomic E-state index is -0.425. The summed E-state index contributed by atoms with van der Waals surface area (Å²) in [4.78, 5) is 2.55. The second kappa shape index (κ2) is 5.94. The summed E-state index contributed by atoms with van der Waals surface area (Å²) in [5.74, 6) is 1.10. The van der Waals surface area contributed by atoms with Crippen LogP contribution in [0.2, 0.25) is 0 Å². The van der Waals surface area contributed by atoms with Gasteiger partial charge in [-0.05, 0) is 66.0 Å². The lowest BCUT2D eigenvalue weighted by molar-refractivity contribution is -0.0913. The monoisotopic (exact) mass is 283 g/mol. The Labute approximate surface area is 124 Å². The average Bonchev–Trinajstić information content (AvgIpc) is 2.54. The second-order valence-corrected chi connectivity index (χ2v) is 7.87. The standard InChI is InChI=1S/C17H33NO2/c1-6-13-8-7-10-18(11-9-13)12-14-15(19)17(4,5)20-16(14,2)3/h13-15,19H,6-12H2,1-5H3. The third-order valence-corrected chi connectivity index (χ3v) is 5.48. The van der Waals surface area contributed by atoms with E-state index in [9.17, 15) is 5.11 Å². The summed E-state index contributed by atoms with van der Waals surface area (Å²) in [7, 11) is 0. The van der Waals surface area contributed by atoms with E-state index < -0.39 is 5.60 Å². The van der Waals surface area contributed by atoms with E-state index in [1.54, 1.807) is 0 Å². The molecule has 20 heavy (non-hydrogen) atoms. The van der Waals surface area contributed by atoms with E-state index in [1.807, 2.05) is 13.8 Å². The van der Waals surface area contributed by atoms with Crippen LogP contribution < -0.4 is 0 Å². The number of rotatable bonds is 3. The summed E-state index contributed by atoms with van der Waals surface area (Å²) in [6.07, 6.45) is 4.91. The van der Waals surface area contributed by atoms with Crippen molar-refractivity contribution < 1.29 is 9.84 Å². The largest absolute Gasteiger partial charge is 0.390 e. The van der Waals surface area contributed by atoms with Crippen molar-refractivity contribution in [3.8, 4) is 0 Å². The first kappa shape index (κ1) is 16.3. The molecule has 0 spiro atoms. The van der Waals surface area contributed by atoms with Crippen LogP contribution in [-0.4, -0.2) is 46.9 Å². The molecular formula is C17H33NO2. The van der Waals surface area contributed by atoms with Gasteiger partial charge in [-0.15, -0.1) is 0 Å². The van der Waals surface area contributed by atoms with Gasteiger partial charge in [-0.3, -0.25) is 0 Å². The Hall–Kier alpha value is -0.120. The highest BCUT2D eigenvalue weighted by atomic mass is 16.5. The number of ether oxygens (including phenoxy) is 1. The second-order valence-electron chi connectivity index (χ2n) is 7.87. The number of hydrogen-bond acceptors (Lipinski definition) is 3. The van der Waals surface area contributed by atoms with Crippen LogP contribution in [0.3, 0.4) is 0 Å². The highest BCUT2D eigenvalue weighted by Gasteiger charge is 2.53. The number of hydrogen-bond donors (Lipinski definition) is 1. The van der Waals surface area contributed by atoms with Crippen LogP contribution in [0, 0.1) is 11.8 Å². The summed E-state index contributed by atoms with van der Waals surface area (Å²) in [6, 6.07) is 0. The van der Waals surface area contributed by atoms with Crippen LogP contribution in [0.4, 0.5) is 0 Å². The Morgan fingerprint density at radius 1 is 1.10 bits per heavy atom. The van der Waals surface area contributed by atoms with E-state index >= 15 is 0 Å². The maximum Gasteiger partial charge on any atom is 0.0896 e. The van der Waals surface area contributed by atoms with Gasteiger partial charge in [0.2, 0.25) is 0 Å². The molecule has 2 aliphatic rings. The minimum Gasteiger partial charge on any atom is -0.390 e. The molecule has 2 saturated heterocycles. The van der Waals surface area contributed by atoms with Crippen molar-refractivity contribution >= 4 is 0 Å². The fourth-order valence-corrected chi connectivity index (χ4v) is 4.09. The van der Waals surface area contributed by atoms with Gasteiger partial charge < -0.3 is 14.7 Å². The normalized spacial score (nSPS) is 37.8. The maximum absolute atomic E-state index is 10.6. The van der Waals surface area contributed by atoms with Gasteiger partial charge in [0.15, 0.2) is 0 Å². The molecule has 2 rings (SSSR count). The molecule has 0 aliphatic carbocycles. The first-order valence-corrected chi connectivity index (χ1v) is 8.37. The zero-order valence-electron chi connectivity index (χ0n) is 14.0. The highest BCUT2D eigenvalue weighted by molar-refractivity contribution is 5.02. The van der Waals surface area contributed by atoms with Crippen LogP contribution in [-0.2, 0) is 4.74 Å². The van der Waals surface area contributed by atoms with Crippen LogP contribution in [0.25, 0.3) is 0 Å². The van der Waals surface area contributed by atoms with Crippen LogP contribution in [0.15, 0.2) is 0 Å². The minimum absolute atomic E-state index is 0.204. The zero-order chi connectivity index (χ0) is 15.0. The first-order valence-electron chi connectivity index (χ1n) is 8.37. The molecule has 0 aromatic carbocycles. The zero-order valence-corrected chi connectivity index (χ0v) is 14.0. The number of likely N-dealkylation sites (tertiary alicyclic amines) is 1. The van der Waals surface area contributed by atoms with Crippen molar-refractivity contribution in [2.75, 3.05) is 19.6 Å². The molecule has 0 aromatic heterocycles. The maximum atomic E-state index is 10.6. The van der Waals surface area contributed by atoms with Gasteiger partial charge in [0.25, 0.3) is 0 Å². The third kappa shape index (κ3) is 3.37. The fourth-order valence-electron chi connectivity index (χ4n) is 4.09. The lowest BCUT2D eigenvalue weighted by Gasteiger charge is -2.32. The summed E-state index contributed by atoms with van der Waals surface area (Å²) >= 11 is 0. The molecule has 0 radical (unpaired) electrons. The van der Waals surface area contributed by atoms with E-state index in [2.05, 4.69) is 25.7 Å². The molecule has 0 amide bonds. The van der Waals surface area contributed by atoms with Gasteiger partial charge in [-0.1, -0.05) is 13.3 Å². The van der Waals surface area contributed by atoms with Gasteiger partial charge in [0, 0.05) is 12.5 Å². The predicted octanol–water partition coefficient (Wildman–Crippen LogP) is 3.06. The van der Waals surface area contributed by atoms with E-state index in [0.29, 0.717) is 0 Å². The molecule has 0 bridgehead atoms. The molecule has 0 saturated carbocycles. The molecule has 3 heteroatoms. The molecular weight excluding hydrogens is 250 g/mol. The van der Waals surface area contributed by atoms with Gasteiger partial charge >= 0.3 is 0 Å². The SMILES string of the molecule is CCC1CCCN(CC2C(O)C(C)(C)OC2(C)C)CC1. The molecule has 0 aromatic rings. The van der Waals surface area contributed by atoms with Crippen molar-refractivity contribution in [3.63, 3.8) is 0 Å². The quantitative estimate of drug-likeness (QED) is 0.864. The molecule has 3 nitrogen and oxygen atoms in total. The smallest absolute Gasteiger partial charge is 0.0896 e. The molecule has 1 N–H and O–H groups in total. The lowest BCUT2D eigenvalue weighted by Crippen LogP contribution is -2.43. The molecule has 2 heterocycles. The van der Waals surface area contributed by atoms with Crippen molar-refractivity contribution in [2.45, 2.75) is 77.6 Å². The summed E-state index contributed by atoms with van der Waals surface area (Å²) in [5.41, 5.74) is -0.661. The molecule has 2 aliphatic heterocycles. The van der Waals surface area contributed by atoms with Crippen molar-refractivity contribution in [1.82, 2.24) is 4.90 Å². The van der Waals surface area contributed by atoms with Gasteiger partial charge in [-0.25, -0.2) is 0 Å². The lowest BCUT2D eigenvalue weighted by atomic mass is 9.84. The third-order valence-electron chi connectivity index (χ3n) is 5.48. The van der Waals surface area contributed by atoms with Crippen molar-refractivity contribution in [1.29, 1.82) is 0 Å². The van der Waals surface area contributed by atoms with Gasteiger partial charge in [0.05, 0.1) is 17.3 Å². The molecule has 3 unspecified atom stereocenters. The Morgan fingerprint density at radius 2 is 1.80 bits per heavy atom. The number of aliphatic hydroxyl groups excluding tert-OH is 1. The van der Waals surface area contributed by atoms with Gasteiger partial charge in [-0.2, -0.15) is 0 Å². The Morgan fingerprint density at radius 3 is 2.35 bits per heavy atom. The average molecular weight is 283 g/mol. The van der Waals surface area contributed by atoms with Crippen LogP contribution in [0.1, 0.15) is 60.3 Å². The van der Waals surface area contributed by atoms with Crippen molar-refractivity contribution in [3.05, 3.63) is 0 Å². The fraction of sp³-hybridized carbons (Fsp3) is 1.00. The van der Waals surface area contributed by atoms with Crippen LogP contribution >= 0.6 is 0 Å². The predicted molar refractivity (Wildman–Crippen MR) is 82.8 cm³/mol. The highest BCUT2D eigenvalue weighted by Crippen LogP contribution is 2.42. The van der Waals surface area contributed by atoms with Gasteiger partial charge in [0.1, 0.15) is 0 Å². The topological polar surface area (TPSA) is 32.7 Å². The number of nitrogens with zero attached hydrogens (tertiary/aromatic N) is 1. The van der Waals surface area contributed by atoms with Crippen LogP contribution in [0.5, 0.6) is 0 Å². The summed E-state index contributed by atoms with van der Waals surface area (Å²) < 4.78 is 6.10. The first-order chi connectivity index (χ1) is 9.26. The Balaban J connectivity index is 1.98. The Kier molecular flexibility index (Phi) is 4.83. The summed E-state index contributed by atoms with van der Waals surface area (Å²) in [5, 5.41) is 10.6. The van der Waals surface area contributed by atoms with Crippen molar-refractivity contribution in [2.24, 2.45) is 11.8 Å². The molecule has 2 fully saturated rings. The molecule has 3 atom stereocenters. The van der Waals surface area contributed by atoms with E-state index in [4.69, 9.17) is 4.74 Å². The van der Waals surface area contributed by atoms with E-state index in [0.717, 1.165) is 12.5 Å².